The van der Waals surface area contributed by atoms with E-state index in [-0.39, 0.29) is 24.3 Å². The fourth-order valence-corrected chi connectivity index (χ4v) is 3.50. The number of hydrogen-bond donors (Lipinski definition) is 1. The van der Waals surface area contributed by atoms with Crippen molar-refractivity contribution in [2.45, 2.75) is 18.9 Å². The third kappa shape index (κ3) is 3.89. The van der Waals surface area contributed by atoms with Crippen LogP contribution in [0.2, 0.25) is 0 Å². The Balaban J connectivity index is 1.38. The number of amides is 2. The van der Waals surface area contributed by atoms with Crippen LogP contribution in [0.5, 0.6) is 11.5 Å². The molecule has 0 radical (unpaired) electrons. The van der Waals surface area contributed by atoms with Crippen molar-refractivity contribution in [3.8, 4) is 11.5 Å². The van der Waals surface area contributed by atoms with Gasteiger partial charge in [0.15, 0.2) is 11.5 Å². The number of likely N-dealkylation sites (tertiary alicyclic amines) is 1. The Kier molecular flexibility index (Phi) is 4.96. The van der Waals surface area contributed by atoms with E-state index >= 15 is 0 Å². The van der Waals surface area contributed by atoms with Gasteiger partial charge in [0, 0.05) is 18.8 Å². The third-order valence-electron chi connectivity index (χ3n) is 4.93. The summed E-state index contributed by atoms with van der Waals surface area (Å²) in [5.74, 6) is 0.837. The van der Waals surface area contributed by atoms with E-state index in [1.54, 1.807) is 11.0 Å². The fourth-order valence-electron chi connectivity index (χ4n) is 3.50. The third-order valence-corrected chi connectivity index (χ3v) is 4.93. The quantitative estimate of drug-likeness (QED) is 0.907. The van der Waals surface area contributed by atoms with Gasteiger partial charge in [-0.05, 0) is 37.1 Å². The normalized spacial score (nSPS) is 21.4. The largest absolute Gasteiger partial charge is 0.485 e. The van der Waals surface area contributed by atoms with Crippen LogP contribution in [-0.2, 0) is 9.59 Å². The van der Waals surface area contributed by atoms with Crippen LogP contribution in [0.1, 0.15) is 12.8 Å². The first-order chi connectivity index (χ1) is 13.2. The number of ether oxygens (including phenoxy) is 2. The number of benzene rings is 2. The van der Waals surface area contributed by atoms with Crippen molar-refractivity contribution in [1.29, 1.82) is 0 Å². The van der Waals surface area contributed by atoms with Gasteiger partial charge in [0.05, 0.1) is 5.92 Å². The van der Waals surface area contributed by atoms with Gasteiger partial charge in [-0.3, -0.25) is 9.59 Å². The summed E-state index contributed by atoms with van der Waals surface area (Å²) in [6.45, 7) is 1.22. The average Bonchev–Trinajstić information content (AvgIpc) is 2.73. The number of rotatable bonds is 3. The molecule has 2 unspecified atom stereocenters. The number of carbonyl (C=O) groups is 2. The minimum atomic E-state index is -0.671. The number of nitrogens with one attached hydrogen (secondary N) is 1. The lowest BCUT2D eigenvalue weighted by Crippen LogP contribution is -2.51. The first-order valence-electron chi connectivity index (χ1n) is 9.24. The molecule has 0 saturated carbocycles. The summed E-state index contributed by atoms with van der Waals surface area (Å²) in [7, 11) is 0. The highest BCUT2D eigenvalue weighted by Crippen LogP contribution is 2.31. The van der Waals surface area contributed by atoms with Crippen LogP contribution >= 0.6 is 0 Å². The lowest BCUT2D eigenvalue weighted by atomic mass is 9.96. The van der Waals surface area contributed by atoms with Crippen LogP contribution in [0.4, 0.5) is 5.69 Å². The van der Waals surface area contributed by atoms with E-state index in [4.69, 9.17) is 9.47 Å². The van der Waals surface area contributed by atoms with Gasteiger partial charge in [0.2, 0.25) is 12.0 Å². The molecule has 0 aliphatic carbocycles. The van der Waals surface area contributed by atoms with Crippen LogP contribution < -0.4 is 14.8 Å². The molecule has 6 heteroatoms. The SMILES string of the molecule is O=C(Nc1ccccc1)C1CCCN(C(=O)C2COc3ccccc3O2)C1. The molecule has 1 N–H and O–H groups in total. The van der Waals surface area contributed by atoms with E-state index in [0.29, 0.717) is 24.6 Å². The molecule has 2 aromatic carbocycles. The Labute approximate surface area is 158 Å². The highest BCUT2D eigenvalue weighted by atomic mass is 16.6. The van der Waals surface area contributed by atoms with Crippen molar-refractivity contribution < 1.29 is 19.1 Å². The molecule has 2 heterocycles. The lowest BCUT2D eigenvalue weighted by molar-refractivity contribution is -0.143. The molecule has 4 rings (SSSR count). The summed E-state index contributed by atoms with van der Waals surface area (Å²) in [6.07, 6.45) is 0.895. The molecule has 0 aromatic heterocycles. The smallest absolute Gasteiger partial charge is 0.267 e. The van der Waals surface area contributed by atoms with Gasteiger partial charge in [0.25, 0.3) is 5.91 Å². The zero-order valence-corrected chi connectivity index (χ0v) is 15.0. The Hall–Kier alpha value is -3.02. The first-order valence-corrected chi connectivity index (χ1v) is 9.24. The van der Waals surface area contributed by atoms with Crippen molar-refractivity contribution in [3.05, 3.63) is 54.6 Å². The number of para-hydroxylation sites is 3. The highest BCUT2D eigenvalue weighted by molar-refractivity contribution is 5.93. The number of piperidine rings is 1. The van der Waals surface area contributed by atoms with Crippen molar-refractivity contribution in [2.24, 2.45) is 5.92 Å². The number of carbonyl (C=O) groups excluding carboxylic acids is 2. The number of anilines is 1. The summed E-state index contributed by atoms with van der Waals surface area (Å²) in [5, 5.41) is 2.93. The standard InChI is InChI=1S/C21H22N2O4/c24-20(22-16-8-2-1-3-9-16)15-7-6-12-23(13-15)21(25)19-14-26-17-10-4-5-11-18(17)27-19/h1-5,8-11,15,19H,6-7,12-14H2,(H,22,24). The van der Waals surface area contributed by atoms with E-state index in [0.717, 1.165) is 18.5 Å². The van der Waals surface area contributed by atoms with Crippen molar-refractivity contribution in [1.82, 2.24) is 4.90 Å². The van der Waals surface area contributed by atoms with Gasteiger partial charge in [-0.15, -0.1) is 0 Å². The van der Waals surface area contributed by atoms with Crippen LogP contribution in [0.3, 0.4) is 0 Å². The Morgan fingerprint density at radius 1 is 1.00 bits per heavy atom. The summed E-state index contributed by atoms with van der Waals surface area (Å²) in [5.41, 5.74) is 0.770. The first kappa shape index (κ1) is 17.4. The van der Waals surface area contributed by atoms with Gasteiger partial charge in [-0.25, -0.2) is 0 Å². The zero-order chi connectivity index (χ0) is 18.6. The maximum Gasteiger partial charge on any atom is 0.267 e. The summed E-state index contributed by atoms with van der Waals surface area (Å²) in [4.78, 5) is 27.2. The molecule has 1 saturated heterocycles. The molecule has 2 aliphatic rings. The molecule has 2 atom stereocenters. The molecular weight excluding hydrogens is 344 g/mol. The summed E-state index contributed by atoms with van der Waals surface area (Å²) < 4.78 is 11.5. The maximum atomic E-state index is 12.9. The molecule has 0 spiro atoms. The van der Waals surface area contributed by atoms with Gasteiger partial charge in [0.1, 0.15) is 6.61 Å². The fraction of sp³-hybridized carbons (Fsp3) is 0.333. The molecule has 27 heavy (non-hydrogen) atoms. The number of fused-ring (bicyclic) bond motifs is 1. The number of hydrogen-bond acceptors (Lipinski definition) is 4. The van der Waals surface area contributed by atoms with Crippen molar-refractivity contribution >= 4 is 17.5 Å². The summed E-state index contributed by atoms with van der Waals surface area (Å²) in [6, 6.07) is 16.7. The predicted molar refractivity (Wildman–Crippen MR) is 101 cm³/mol. The number of nitrogens with zero attached hydrogens (tertiary/aromatic N) is 1. The monoisotopic (exact) mass is 366 g/mol. The maximum absolute atomic E-state index is 12.9. The van der Waals surface area contributed by atoms with E-state index < -0.39 is 6.10 Å². The second-order valence-corrected chi connectivity index (χ2v) is 6.84. The van der Waals surface area contributed by atoms with Crippen molar-refractivity contribution in [3.63, 3.8) is 0 Å². The van der Waals surface area contributed by atoms with E-state index in [1.807, 2.05) is 48.5 Å². The average molecular weight is 366 g/mol. The van der Waals surface area contributed by atoms with Gasteiger partial charge < -0.3 is 19.7 Å². The minimum Gasteiger partial charge on any atom is -0.485 e. The molecule has 6 nitrogen and oxygen atoms in total. The topological polar surface area (TPSA) is 67.9 Å². The second kappa shape index (κ2) is 7.70. The zero-order valence-electron chi connectivity index (χ0n) is 15.0. The van der Waals surface area contributed by atoms with Crippen molar-refractivity contribution in [2.75, 3.05) is 25.0 Å². The van der Waals surface area contributed by atoms with Gasteiger partial charge >= 0.3 is 0 Å². The van der Waals surface area contributed by atoms with Crippen LogP contribution in [0, 0.1) is 5.92 Å². The Morgan fingerprint density at radius 2 is 1.74 bits per heavy atom. The Morgan fingerprint density at radius 3 is 2.56 bits per heavy atom. The molecule has 2 aromatic rings. The van der Waals surface area contributed by atoms with Crippen LogP contribution in [-0.4, -0.2) is 42.5 Å². The van der Waals surface area contributed by atoms with Gasteiger partial charge in [-0.2, -0.15) is 0 Å². The molecule has 2 aliphatic heterocycles. The predicted octanol–water partition coefficient (Wildman–Crippen LogP) is 2.70. The molecule has 0 bridgehead atoms. The van der Waals surface area contributed by atoms with E-state index in [1.165, 1.54) is 0 Å². The van der Waals surface area contributed by atoms with Gasteiger partial charge in [-0.1, -0.05) is 30.3 Å². The summed E-state index contributed by atoms with van der Waals surface area (Å²) >= 11 is 0. The van der Waals surface area contributed by atoms with E-state index in [9.17, 15) is 9.59 Å². The lowest BCUT2D eigenvalue weighted by Gasteiger charge is -2.35. The van der Waals surface area contributed by atoms with Crippen LogP contribution in [0.25, 0.3) is 0 Å². The van der Waals surface area contributed by atoms with Crippen LogP contribution in [0.15, 0.2) is 54.6 Å². The molecule has 2 amide bonds. The molecular formula is C21H22N2O4. The Bertz CT molecular complexity index is 824. The molecule has 1 fully saturated rings. The minimum absolute atomic E-state index is 0.0511. The molecule has 140 valence electrons. The highest BCUT2D eigenvalue weighted by Gasteiger charge is 2.35. The second-order valence-electron chi connectivity index (χ2n) is 6.84. The van der Waals surface area contributed by atoms with E-state index in [2.05, 4.69) is 5.32 Å².